The standard InChI is InChI=1S/C21H24F2N6O4S/c1-29(34(3,31)32)15-8-11(10-33-2)4-7-13(15)24-14-9-16(26-21(30)12-5-6-12)25-19-17(14)27-20(28-19)18(22)23/h4,7-9,12,18H,5-6,10H2,1-3H3,(H3,24,25,26,27,28,30). The van der Waals surface area contributed by atoms with Gasteiger partial charge in [-0.1, -0.05) is 6.07 Å². The molecule has 2 aromatic heterocycles. The van der Waals surface area contributed by atoms with Gasteiger partial charge in [-0.25, -0.2) is 27.2 Å². The first kappa shape index (κ1) is 23.8. The van der Waals surface area contributed by atoms with Gasteiger partial charge in [0.25, 0.3) is 6.43 Å². The van der Waals surface area contributed by atoms with E-state index in [4.69, 9.17) is 4.74 Å². The van der Waals surface area contributed by atoms with E-state index in [0.29, 0.717) is 11.4 Å². The van der Waals surface area contributed by atoms with Crippen LogP contribution in [0.5, 0.6) is 0 Å². The van der Waals surface area contributed by atoms with Gasteiger partial charge in [-0.3, -0.25) is 9.10 Å². The van der Waals surface area contributed by atoms with E-state index in [1.807, 2.05) is 0 Å². The van der Waals surface area contributed by atoms with Gasteiger partial charge < -0.3 is 20.4 Å². The number of nitrogens with one attached hydrogen (secondary N) is 3. The molecule has 1 aromatic carbocycles. The van der Waals surface area contributed by atoms with Crippen molar-refractivity contribution in [2.45, 2.75) is 25.9 Å². The normalized spacial score (nSPS) is 13.9. The number of ether oxygens (including phenoxy) is 1. The third-order valence-electron chi connectivity index (χ3n) is 5.37. The Kier molecular flexibility index (Phi) is 6.41. The lowest BCUT2D eigenvalue weighted by molar-refractivity contribution is -0.117. The number of H-pyrrole nitrogens is 1. The summed E-state index contributed by atoms with van der Waals surface area (Å²) in [5.74, 6) is -0.717. The quantitative estimate of drug-likeness (QED) is 0.415. The molecule has 0 spiro atoms. The smallest absolute Gasteiger partial charge is 0.295 e. The zero-order chi connectivity index (χ0) is 24.6. The number of methoxy groups -OCH3 is 1. The third-order valence-corrected chi connectivity index (χ3v) is 6.56. The molecule has 1 fully saturated rings. The van der Waals surface area contributed by atoms with E-state index in [2.05, 4.69) is 25.6 Å². The monoisotopic (exact) mass is 494 g/mol. The van der Waals surface area contributed by atoms with Crippen molar-refractivity contribution in [3.05, 3.63) is 35.7 Å². The van der Waals surface area contributed by atoms with Crippen LogP contribution in [0.1, 0.15) is 30.7 Å². The molecule has 3 aromatic rings. The van der Waals surface area contributed by atoms with Gasteiger partial charge in [0.2, 0.25) is 15.9 Å². The van der Waals surface area contributed by atoms with Crippen LogP contribution in [-0.4, -0.2) is 49.7 Å². The molecule has 1 aliphatic carbocycles. The predicted octanol–water partition coefficient (Wildman–Crippen LogP) is 3.53. The van der Waals surface area contributed by atoms with Gasteiger partial charge in [0.15, 0.2) is 11.5 Å². The van der Waals surface area contributed by atoms with E-state index < -0.39 is 22.3 Å². The molecule has 3 N–H and O–H groups in total. The number of sulfonamides is 1. The number of alkyl halides is 2. The second-order valence-electron chi connectivity index (χ2n) is 8.08. The summed E-state index contributed by atoms with van der Waals surface area (Å²) in [6.45, 7) is 0.264. The van der Waals surface area contributed by atoms with Crippen molar-refractivity contribution in [1.82, 2.24) is 15.0 Å². The largest absolute Gasteiger partial charge is 0.380 e. The number of fused-ring (bicyclic) bond motifs is 1. The van der Waals surface area contributed by atoms with Crippen LogP contribution in [0.3, 0.4) is 0 Å². The van der Waals surface area contributed by atoms with E-state index in [1.165, 1.54) is 20.2 Å². The molecule has 2 heterocycles. The van der Waals surface area contributed by atoms with Gasteiger partial charge in [0, 0.05) is 26.1 Å². The minimum Gasteiger partial charge on any atom is -0.380 e. The van der Waals surface area contributed by atoms with Gasteiger partial charge in [0.1, 0.15) is 11.3 Å². The lowest BCUT2D eigenvalue weighted by Crippen LogP contribution is -2.25. The van der Waals surface area contributed by atoms with E-state index in [9.17, 15) is 22.0 Å². The Balaban J connectivity index is 1.80. The molecule has 0 bridgehead atoms. The number of imidazole rings is 1. The summed E-state index contributed by atoms with van der Waals surface area (Å²) in [6.07, 6.45) is -0.218. The van der Waals surface area contributed by atoms with Gasteiger partial charge in [-0.2, -0.15) is 0 Å². The number of rotatable bonds is 9. The summed E-state index contributed by atoms with van der Waals surface area (Å²) in [7, 11) is -0.687. The average molecular weight is 495 g/mol. The summed E-state index contributed by atoms with van der Waals surface area (Å²) in [5.41, 5.74) is 1.90. The number of anilines is 4. The number of benzene rings is 1. The van der Waals surface area contributed by atoms with Crippen molar-refractivity contribution in [1.29, 1.82) is 0 Å². The third kappa shape index (κ3) is 5.09. The Morgan fingerprint density at radius 3 is 2.62 bits per heavy atom. The van der Waals surface area contributed by atoms with Crippen molar-refractivity contribution < 1.29 is 26.7 Å². The fourth-order valence-corrected chi connectivity index (χ4v) is 3.88. The molecule has 34 heavy (non-hydrogen) atoms. The first-order chi connectivity index (χ1) is 16.1. The molecule has 0 saturated heterocycles. The Labute approximate surface area is 194 Å². The maximum Gasteiger partial charge on any atom is 0.295 e. The minimum absolute atomic E-state index is 0.0135. The van der Waals surface area contributed by atoms with Crippen LogP contribution in [0.2, 0.25) is 0 Å². The summed E-state index contributed by atoms with van der Waals surface area (Å²) >= 11 is 0. The fourth-order valence-electron chi connectivity index (χ4n) is 3.37. The van der Waals surface area contributed by atoms with Crippen LogP contribution < -0.4 is 14.9 Å². The highest BCUT2D eigenvalue weighted by Crippen LogP contribution is 2.35. The van der Waals surface area contributed by atoms with Gasteiger partial charge >= 0.3 is 0 Å². The molecule has 13 heteroatoms. The highest BCUT2D eigenvalue weighted by molar-refractivity contribution is 7.92. The number of aromatic amines is 1. The van der Waals surface area contributed by atoms with Crippen molar-refractivity contribution >= 4 is 50.0 Å². The van der Waals surface area contributed by atoms with Gasteiger partial charge in [0.05, 0.1) is 29.9 Å². The molecule has 0 aliphatic heterocycles. The van der Waals surface area contributed by atoms with Crippen LogP contribution in [0.25, 0.3) is 11.2 Å². The Hall–Kier alpha value is -3.32. The molecule has 10 nitrogen and oxygen atoms in total. The Morgan fingerprint density at radius 2 is 2.00 bits per heavy atom. The number of pyridine rings is 1. The molecule has 0 unspecified atom stereocenters. The number of hydrogen-bond acceptors (Lipinski definition) is 7. The highest BCUT2D eigenvalue weighted by Gasteiger charge is 2.30. The molecule has 182 valence electrons. The van der Waals surface area contributed by atoms with Gasteiger partial charge in [-0.05, 0) is 30.5 Å². The summed E-state index contributed by atoms with van der Waals surface area (Å²) in [6, 6.07) is 6.55. The molecular weight excluding hydrogens is 470 g/mol. The minimum atomic E-state index is -3.61. The van der Waals surface area contributed by atoms with Crippen LogP contribution >= 0.6 is 0 Å². The zero-order valence-electron chi connectivity index (χ0n) is 18.7. The van der Waals surface area contributed by atoms with Crippen molar-refractivity contribution in [2.75, 3.05) is 35.4 Å². The molecule has 1 saturated carbocycles. The summed E-state index contributed by atoms with van der Waals surface area (Å²) in [5, 5.41) is 5.79. The van der Waals surface area contributed by atoms with Crippen LogP contribution in [0.4, 0.5) is 31.7 Å². The average Bonchev–Trinajstić information content (AvgIpc) is 3.53. The highest BCUT2D eigenvalue weighted by atomic mass is 32.2. The van der Waals surface area contributed by atoms with Crippen molar-refractivity contribution in [3.8, 4) is 0 Å². The second-order valence-corrected chi connectivity index (χ2v) is 10.1. The lowest BCUT2D eigenvalue weighted by Gasteiger charge is -2.22. The molecule has 1 aliphatic rings. The molecule has 1 amide bonds. The number of aromatic nitrogens is 3. The summed E-state index contributed by atoms with van der Waals surface area (Å²) in [4.78, 5) is 22.8. The molecular formula is C21H24F2N6O4S. The Bertz CT molecular complexity index is 1340. The summed E-state index contributed by atoms with van der Waals surface area (Å²) < 4.78 is 57.4. The maximum atomic E-state index is 13.3. The first-order valence-electron chi connectivity index (χ1n) is 10.4. The van der Waals surface area contributed by atoms with Crippen LogP contribution in [0.15, 0.2) is 24.3 Å². The van der Waals surface area contributed by atoms with Crippen molar-refractivity contribution in [3.63, 3.8) is 0 Å². The van der Waals surface area contributed by atoms with E-state index in [0.717, 1.165) is 29.0 Å². The van der Waals surface area contributed by atoms with Crippen LogP contribution in [0, 0.1) is 5.92 Å². The van der Waals surface area contributed by atoms with Crippen molar-refractivity contribution in [2.24, 2.45) is 5.92 Å². The number of hydrogen-bond donors (Lipinski definition) is 3. The Morgan fingerprint density at radius 1 is 1.26 bits per heavy atom. The van der Waals surface area contributed by atoms with E-state index >= 15 is 0 Å². The predicted molar refractivity (Wildman–Crippen MR) is 124 cm³/mol. The van der Waals surface area contributed by atoms with Gasteiger partial charge in [-0.15, -0.1) is 0 Å². The molecule has 0 radical (unpaired) electrons. The molecule has 0 atom stereocenters. The topological polar surface area (TPSA) is 129 Å². The molecule has 4 rings (SSSR count). The fraction of sp³-hybridized carbons (Fsp3) is 0.381. The first-order valence-corrected chi connectivity index (χ1v) is 12.2. The number of amides is 1. The van der Waals surface area contributed by atoms with E-state index in [1.54, 1.807) is 18.2 Å². The lowest BCUT2D eigenvalue weighted by atomic mass is 10.1. The number of halogens is 2. The SMILES string of the molecule is COCc1ccc(Nc2cc(NC(=O)C3CC3)nc3nc(C(F)F)[nH]c23)c(N(C)S(C)(=O)=O)c1. The second kappa shape index (κ2) is 9.14. The number of nitrogens with zero attached hydrogens (tertiary/aromatic N) is 3. The number of carbonyl (C=O) groups is 1. The maximum absolute atomic E-state index is 13.3. The number of carbonyl (C=O) groups excluding carboxylic acids is 1. The van der Waals surface area contributed by atoms with Crippen LogP contribution in [-0.2, 0) is 26.2 Å². The van der Waals surface area contributed by atoms with E-state index in [-0.39, 0.29) is 41.1 Å². The zero-order valence-corrected chi connectivity index (χ0v) is 19.5.